The lowest BCUT2D eigenvalue weighted by Gasteiger charge is -2.32. The molecule has 0 amide bonds. The van der Waals surface area contributed by atoms with Gasteiger partial charge in [-0.15, -0.1) is 0 Å². The summed E-state index contributed by atoms with van der Waals surface area (Å²) >= 11 is 0. The van der Waals surface area contributed by atoms with E-state index in [9.17, 15) is 5.11 Å². The van der Waals surface area contributed by atoms with Crippen LogP contribution in [0.15, 0.2) is 24.3 Å². The highest BCUT2D eigenvalue weighted by atomic mass is 16.3. The molecular weight excluding hydrogens is 140 g/mol. The Morgan fingerprint density at radius 2 is 2.27 bits per heavy atom. The maximum absolute atomic E-state index is 9.49. The highest BCUT2D eigenvalue weighted by Crippen LogP contribution is 2.30. The minimum Gasteiger partial charge on any atom is -0.396 e. The van der Waals surface area contributed by atoms with Gasteiger partial charge in [0.15, 0.2) is 0 Å². The van der Waals surface area contributed by atoms with Gasteiger partial charge < -0.3 is 10.2 Å². The summed E-state index contributed by atoms with van der Waals surface area (Å²) < 4.78 is 0. The van der Waals surface area contributed by atoms with Crippen LogP contribution in [0.2, 0.25) is 0 Å². The number of aliphatic hydroxyl groups excluding tert-OH is 2. The first-order chi connectivity index (χ1) is 5.16. The lowest BCUT2D eigenvalue weighted by atomic mass is 9.77. The summed E-state index contributed by atoms with van der Waals surface area (Å²) in [7, 11) is 0. The Morgan fingerprint density at radius 1 is 1.64 bits per heavy atom. The minimum atomic E-state index is -0.489. The molecule has 3 unspecified atom stereocenters. The van der Waals surface area contributed by atoms with E-state index < -0.39 is 6.10 Å². The van der Waals surface area contributed by atoms with Gasteiger partial charge in [-0.25, -0.2) is 0 Å². The zero-order valence-corrected chi connectivity index (χ0v) is 6.70. The normalized spacial score (nSPS) is 31.2. The largest absolute Gasteiger partial charge is 0.396 e. The second kappa shape index (κ2) is 3.20. The van der Waals surface area contributed by atoms with E-state index >= 15 is 0 Å². The average molecular weight is 154 g/mol. The zero-order valence-electron chi connectivity index (χ0n) is 6.70. The Bertz CT molecular complexity index is 184. The van der Waals surface area contributed by atoms with Crippen LogP contribution in [0.3, 0.4) is 0 Å². The van der Waals surface area contributed by atoms with Crippen molar-refractivity contribution >= 4 is 0 Å². The molecule has 0 bridgehead atoms. The maximum atomic E-state index is 9.49. The Kier molecular flexibility index (Phi) is 2.47. The van der Waals surface area contributed by atoms with Gasteiger partial charge in [0.2, 0.25) is 0 Å². The molecule has 11 heavy (non-hydrogen) atoms. The van der Waals surface area contributed by atoms with Crippen molar-refractivity contribution in [3.8, 4) is 0 Å². The molecular formula is C9H14O2. The third kappa shape index (κ3) is 1.52. The van der Waals surface area contributed by atoms with Crippen molar-refractivity contribution in [3.63, 3.8) is 0 Å². The van der Waals surface area contributed by atoms with E-state index in [2.05, 4.69) is 6.58 Å². The van der Waals surface area contributed by atoms with E-state index in [1.54, 1.807) is 6.92 Å². The van der Waals surface area contributed by atoms with Crippen molar-refractivity contribution in [2.75, 3.05) is 6.61 Å². The fourth-order valence-corrected chi connectivity index (χ4v) is 1.25. The van der Waals surface area contributed by atoms with Gasteiger partial charge in [0.1, 0.15) is 0 Å². The van der Waals surface area contributed by atoms with E-state index in [1.165, 1.54) is 0 Å². The average Bonchev–Trinajstić information content (AvgIpc) is 1.86. The van der Waals surface area contributed by atoms with Crippen LogP contribution >= 0.6 is 0 Å². The molecule has 62 valence electrons. The topological polar surface area (TPSA) is 40.5 Å². The van der Waals surface area contributed by atoms with Crippen LogP contribution in [0, 0.1) is 11.8 Å². The lowest BCUT2D eigenvalue weighted by Crippen LogP contribution is -2.33. The second-order valence-corrected chi connectivity index (χ2v) is 3.10. The zero-order chi connectivity index (χ0) is 8.43. The first kappa shape index (κ1) is 8.50. The predicted molar refractivity (Wildman–Crippen MR) is 44.0 cm³/mol. The Balaban J connectivity index is 2.50. The van der Waals surface area contributed by atoms with Crippen LogP contribution in [0.5, 0.6) is 0 Å². The molecule has 1 rings (SSSR count). The molecule has 0 heterocycles. The quantitative estimate of drug-likeness (QED) is 0.588. The number of rotatable bonds is 3. The van der Waals surface area contributed by atoms with Gasteiger partial charge in [-0.1, -0.05) is 24.3 Å². The third-order valence-electron chi connectivity index (χ3n) is 2.16. The van der Waals surface area contributed by atoms with Gasteiger partial charge in [0, 0.05) is 11.8 Å². The van der Waals surface area contributed by atoms with Gasteiger partial charge in [-0.2, -0.15) is 0 Å². The maximum Gasteiger partial charge on any atom is 0.0813 e. The first-order valence-corrected chi connectivity index (χ1v) is 3.79. The van der Waals surface area contributed by atoms with E-state index in [4.69, 9.17) is 5.11 Å². The van der Waals surface area contributed by atoms with Crippen LogP contribution in [0.4, 0.5) is 0 Å². The molecule has 0 saturated carbocycles. The van der Waals surface area contributed by atoms with E-state index in [1.807, 2.05) is 12.2 Å². The van der Waals surface area contributed by atoms with Crippen molar-refractivity contribution in [1.82, 2.24) is 0 Å². The lowest BCUT2D eigenvalue weighted by molar-refractivity contribution is 0.101. The molecule has 2 N–H and O–H groups in total. The van der Waals surface area contributed by atoms with Gasteiger partial charge in [0.25, 0.3) is 0 Å². The van der Waals surface area contributed by atoms with E-state index in [0.29, 0.717) is 0 Å². The first-order valence-electron chi connectivity index (χ1n) is 3.79. The molecule has 1 aliphatic carbocycles. The van der Waals surface area contributed by atoms with Gasteiger partial charge in [0.05, 0.1) is 12.7 Å². The molecule has 0 aromatic heterocycles. The highest BCUT2D eigenvalue weighted by molar-refractivity contribution is 5.17. The molecule has 0 saturated heterocycles. The van der Waals surface area contributed by atoms with Gasteiger partial charge in [-0.05, 0) is 6.92 Å². The van der Waals surface area contributed by atoms with Gasteiger partial charge in [-0.3, -0.25) is 0 Å². The Labute approximate surface area is 66.9 Å². The highest BCUT2D eigenvalue weighted by Gasteiger charge is 2.29. The molecule has 2 heteroatoms. The van der Waals surface area contributed by atoms with Crippen molar-refractivity contribution in [3.05, 3.63) is 24.3 Å². The molecule has 0 spiro atoms. The van der Waals surface area contributed by atoms with E-state index in [0.717, 1.165) is 5.57 Å². The summed E-state index contributed by atoms with van der Waals surface area (Å²) in [6, 6.07) is 0. The molecule has 1 aliphatic rings. The van der Waals surface area contributed by atoms with Crippen LogP contribution in [-0.4, -0.2) is 22.9 Å². The van der Waals surface area contributed by atoms with Crippen molar-refractivity contribution in [2.45, 2.75) is 13.0 Å². The summed E-state index contributed by atoms with van der Waals surface area (Å²) in [6.45, 7) is 5.57. The monoisotopic (exact) mass is 154 g/mol. The van der Waals surface area contributed by atoms with Crippen LogP contribution in [-0.2, 0) is 0 Å². The van der Waals surface area contributed by atoms with Crippen LogP contribution in [0.25, 0.3) is 0 Å². The summed E-state index contributed by atoms with van der Waals surface area (Å²) in [6.07, 6.45) is 3.34. The van der Waals surface area contributed by atoms with Crippen molar-refractivity contribution < 1.29 is 10.2 Å². The smallest absolute Gasteiger partial charge is 0.0813 e. The van der Waals surface area contributed by atoms with Crippen LogP contribution in [0.1, 0.15) is 6.92 Å². The number of hydrogen-bond donors (Lipinski definition) is 2. The van der Waals surface area contributed by atoms with Crippen molar-refractivity contribution in [2.24, 2.45) is 11.8 Å². The fourth-order valence-electron chi connectivity index (χ4n) is 1.25. The molecule has 3 atom stereocenters. The standard InChI is InChI=1S/C9H14O2/c1-6(2)9(11)8-4-3-7(8)5-10/h3-4,7-11H,1,5H2,2H3. The molecule has 0 radical (unpaired) electrons. The van der Waals surface area contributed by atoms with Gasteiger partial charge >= 0.3 is 0 Å². The summed E-state index contributed by atoms with van der Waals surface area (Å²) in [4.78, 5) is 0. The van der Waals surface area contributed by atoms with E-state index in [-0.39, 0.29) is 18.4 Å². The van der Waals surface area contributed by atoms with Crippen LogP contribution < -0.4 is 0 Å². The minimum absolute atomic E-state index is 0.0810. The summed E-state index contributed by atoms with van der Waals surface area (Å²) in [5, 5.41) is 18.3. The number of aliphatic hydroxyl groups is 2. The fraction of sp³-hybridized carbons (Fsp3) is 0.556. The summed E-state index contributed by atoms with van der Waals surface area (Å²) in [5.41, 5.74) is 0.762. The number of hydrogen-bond acceptors (Lipinski definition) is 2. The molecule has 0 aromatic rings. The Morgan fingerprint density at radius 3 is 2.55 bits per heavy atom. The predicted octanol–water partition coefficient (Wildman–Crippen LogP) is 0.718. The molecule has 0 aliphatic heterocycles. The van der Waals surface area contributed by atoms with Crippen molar-refractivity contribution in [1.29, 1.82) is 0 Å². The molecule has 0 fully saturated rings. The third-order valence-corrected chi connectivity index (χ3v) is 2.16. The SMILES string of the molecule is C=C(C)C(O)C1C=CC1CO. The summed E-state index contributed by atoms with van der Waals surface area (Å²) in [5.74, 6) is 0.208. The molecule has 0 aromatic carbocycles. The Hall–Kier alpha value is -0.600. The second-order valence-electron chi connectivity index (χ2n) is 3.10. The molecule has 2 nitrogen and oxygen atoms in total.